The zero-order valence-electron chi connectivity index (χ0n) is 7.67. The summed E-state index contributed by atoms with van der Waals surface area (Å²) in [7, 11) is 0. The van der Waals surface area contributed by atoms with Gasteiger partial charge in [0.2, 0.25) is 0 Å². The molecular weight excluding hydrogens is 305 g/mol. The maximum absolute atomic E-state index is 9.15. The SMILES string of the molecule is OCC(O)CNc1c(Cl)cc(Br)cc1Cl. The lowest BCUT2D eigenvalue weighted by Gasteiger charge is -2.13. The average molecular weight is 315 g/mol. The van der Waals surface area contributed by atoms with E-state index >= 15 is 0 Å². The molecule has 0 radical (unpaired) electrons. The molecule has 0 amide bonds. The summed E-state index contributed by atoms with van der Waals surface area (Å²) in [5, 5.41) is 21.6. The third-order valence-corrected chi connectivity index (χ3v) is 2.79. The number of hydrogen-bond acceptors (Lipinski definition) is 3. The second kappa shape index (κ2) is 5.92. The third-order valence-electron chi connectivity index (χ3n) is 1.73. The minimum absolute atomic E-state index is 0.192. The highest BCUT2D eigenvalue weighted by Gasteiger charge is 2.09. The van der Waals surface area contributed by atoms with Crippen molar-refractivity contribution in [3.8, 4) is 0 Å². The van der Waals surface area contributed by atoms with E-state index < -0.39 is 6.10 Å². The van der Waals surface area contributed by atoms with E-state index in [0.29, 0.717) is 15.7 Å². The first-order valence-corrected chi connectivity index (χ1v) is 5.77. The number of benzene rings is 1. The Hall–Kier alpha value is -0.0000000000000000555. The van der Waals surface area contributed by atoms with Gasteiger partial charge in [-0.05, 0) is 12.1 Å². The summed E-state index contributed by atoms with van der Waals surface area (Å²) in [6.07, 6.45) is -0.833. The maximum Gasteiger partial charge on any atom is 0.0942 e. The molecule has 0 aliphatic carbocycles. The van der Waals surface area contributed by atoms with E-state index in [1.807, 2.05) is 0 Å². The van der Waals surface area contributed by atoms with Crippen molar-refractivity contribution in [1.82, 2.24) is 0 Å². The Bertz CT molecular complexity index is 326. The predicted molar refractivity (Wildman–Crippen MR) is 65.7 cm³/mol. The first kappa shape index (κ1) is 13.1. The van der Waals surface area contributed by atoms with Crippen molar-refractivity contribution >= 4 is 44.8 Å². The Balaban J connectivity index is 2.77. The monoisotopic (exact) mass is 313 g/mol. The van der Waals surface area contributed by atoms with Crippen LogP contribution >= 0.6 is 39.1 Å². The smallest absolute Gasteiger partial charge is 0.0942 e. The van der Waals surface area contributed by atoms with Crippen molar-refractivity contribution in [2.45, 2.75) is 6.10 Å². The minimum atomic E-state index is -0.833. The molecule has 3 nitrogen and oxygen atoms in total. The summed E-state index contributed by atoms with van der Waals surface area (Å²) in [6.45, 7) is -0.115. The summed E-state index contributed by atoms with van der Waals surface area (Å²) < 4.78 is 0.783. The molecule has 0 aliphatic rings. The number of hydrogen-bond donors (Lipinski definition) is 3. The van der Waals surface area contributed by atoms with Gasteiger partial charge >= 0.3 is 0 Å². The van der Waals surface area contributed by atoms with E-state index in [9.17, 15) is 0 Å². The molecule has 15 heavy (non-hydrogen) atoms. The second-order valence-electron chi connectivity index (χ2n) is 2.96. The molecule has 0 spiro atoms. The Labute approximate surface area is 106 Å². The fourth-order valence-electron chi connectivity index (χ4n) is 0.996. The number of anilines is 1. The molecule has 1 aromatic carbocycles. The van der Waals surface area contributed by atoms with E-state index in [4.69, 9.17) is 33.4 Å². The van der Waals surface area contributed by atoms with Gasteiger partial charge in [-0.25, -0.2) is 0 Å². The topological polar surface area (TPSA) is 52.5 Å². The molecule has 84 valence electrons. The van der Waals surface area contributed by atoms with Crippen LogP contribution in [0.4, 0.5) is 5.69 Å². The normalized spacial score (nSPS) is 12.6. The zero-order valence-corrected chi connectivity index (χ0v) is 10.8. The summed E-state index contributed by atoms with van der Waals surface area (Å²) in [5.74, 6) is 0. The van der Waals surface area contributed by atoms with Crippen molar-refractivity contribution in [3.63, 3.8) is 0 Å². The largest absolute Gasteiger partial charge is 0.394 e. The van der Waals surface area contributed by atoms with Gasteiger partial charge in [-0.1, -0.05) is 39.1 Å². The molecule has 0 fully saturated rings. The van der Waals surface area contributed by atoms with E-state index in [1.165, 1.54) is 0 Å². The van der Waals surface area contributed by atoms with E-state index in [1.54, 1.807) is 12.1 Å². The quantitative estimate of drug-likeness (QED) is 0.800. The van der Waals surface area contributed by atoms with Gasteiger partial charge in [-0.3, -0.25) is 0 Å². The van der Waals surface area contributed by atoms with Crippen LogP contribution < -0.4 is 5.32 Å². The second-order valence-corrected chi connectivity index (χ2v) is 4.69. The molecule has 0 bridgehead atoms. The lowest BCUT2D eigenvalue weighted by Crippen LogP contribution is -2.23. The van der Waals surface area contributed by atoms with Crippen molar-refractivity contribution < 1.29 is 10.2 Å². The highest BCUT2D eigenvalue weighted by atomic mass is 79.9. The van der Waals surface area contributed by atoms with Gasteiger partial charge in [0.15, 0.2) is 0 Å². The molecular formula is C9H10BrCl2NO2. The number of rotatable bonds is 4. The van der Waals surface area contributed by atoms with E-state index in [-0.39, 0.29) is 13.2 Å². The molecule has 0 aromatic heterocycles. The first-order chi connectivity index (χ1) is 7.04. The zero-order chi connectivity index (χ0) is 11.4. The molecule has 0 saturated heterocycles. The highest BCUT2D eigenvalue weighted by Crippen LogP contribution is 2.33. The highest BCUT2D eigenvalue weighted by molar-refractivity contribution is 9.10. The number of aliphatic hydroxyl groups is 2. The Kier molecular flexibility index (Phi) is 5.15. The molecule has 0 saturated carbocycles. The van der Waals surface area contributed by atoms with Crippen molar-refractivity contribution in [2.24, 2.45) is 0 Å². The molecule has 6 heteroatoms. The van der Waals surface area contributed by atoms with Crippen LogP contribution in [-0.2, 0) is 0 Å². The molecule has 0 heterocycles. The van der Waals surface area contributed by atoms with Crippen LogP contribution in [0.2, 0.25) is 10.0 Å². The lowest BCUT2D eigenvalue weighted by atomic mass is 10.3. The first-order valence-electron chi connectivity index (χ1n) is 4.22. The van der Waals surface area contributed by atoms with Crippen LogP contribution in [0.5, 0.6) is 0 Å². The fourth-order valence-corrected chi connectivity index (χ4v) is 2.34. The Morgan fingerprint density at radius 2 is 1.87 bits per heavy atom. The van der Waals surface area contributed by atoms with E-state index in [0.717, 1.165) is 4.47 Å². The number of halogens is 3. The van der Waals surface area contributed by atoms with Gasteiger partial charge in [-0.15, -0.1) is 0 Å². The molecule has 1 atom stereocenters. The number of aliphatic hydroxyl groups excluding tert-OH is 2. The van der Waals surface area contributed by atoms with Gasteiger partial charge < -0.3 is 15.5 Å². The lowest BCUT2D eigenvalue weighted by molar-refractivity contribution is 0.105. The third kappa shape index (κ3) is 3.81. The van der Waals surface area contributed by atoms with E-state index in [2.05, 4.69) is 21.2 Å². The summed E-state index contributed by atoms with van der Waals surface area (Å²) in [4.78, 5) is 0. The van der Waals surface area contributed by atoms with Gasteiger partial charge in [0.05, 0.1) is 28.4 Å². The summed E-state index contributed by atoms with van der Waals surface area (Å²) >= 11 is 15.1. The van der Waals surface area contributed by atoms with Crippen LogP contribution in [0, 0.1) is 0 Å². The minimum Gasteiger partial charge on any atom is -0.394 e. The van der Waals surface area contributed by atoms with Crippen LogP contribution in [0.15, 0.2) is 16.6 Å². The molecule has 1 rings (SSSR count). The Morgan fingerprint density at radius 1 is 1.33 bits per heavy atom. The van der Waals surface area contributed by atoms with Crippen LogP contribution in [0.3, 0.4) is 0 Å². The van der Waals surface area contributed by atoms with Gasteiger partial charge in [0.1, 0.15) is 0 Å². The fraction of sp³-hybridized carbons (Fsp3) is 0.333. The van der Waals surface area contributed by atoms with Crippen LogP contribution in [0.25, 0.3) is 0 Å². The summed E-state index contributed by atoms with van der Waals surface area (Å²) in [6, 6.07) is 3.39. The van der Waals surface area contributed by atoms with Crippen molar-refractivity contribution in [1.29, 1.82) is 0 Å². The predicted octanol–water partition coefficient (Wildman–Crippen LogP) is 2.52. The van der Waals surface area contributed by atoms with Gasteiger partial charge in [0.25, 0.3) is 0 Å². The average Bonchev–Trinajstić information content (AvgIpc) is 2.15. The Morgan fingerprint density at radius 3 is 2.33 bits per heavy atom. The van der Waals surface area contributed by atoms with Gasteiger partial charge in [0, 0.05) is 11.0 Å². The molecule has 1 aromatic rings. The number of nitrogens with one attached hydrogen (secondary N) is 1. The van der Waals surface area contributed by atoms with Gasteiger partial charge in [-0.2, -0.15) is 0 Å². The molecule has 3 N–H and O–H groups in total. The molecule has 1 unspecified atom stereocenters. The molecule has 0 aliphatic heterocycles. The summed E-state index contributed by atoms with van der Waals surface area (Å²) in [5.41, 5.74) is 0.550. The maximum atomic E-state index is 9.15. The van der Waals surface area contributed by atoms with Crippen LogP contribution in [0.1, 0.15) is 0 Å². The van der Waals surface area contributed by atoms with Crippen molar-refractivity contribution in [3.05, 3.63) is 26.7 Å². The van der Waals surface area contributed by atoms with Crippen molar-refractivity contribution in [2.75, 3.05) is 18.5 Å². The van der Waals surface area contributed by atoms with Crippen LogP contribution in [-0.4, -0.2) is 29.5 Å². The standard InChI is InChI=1S/C9H10BrCl2NO2/c10-5-1-7(11)9(8(12)2-5)13-3-6(15)4-14/h1-2,6,13-15H,3-4H2.